The van der Waals surface area contributed by atoms with Gasteiger partial charge in [-0.1, -0.05) is 37.3 Å². The van der Waals surface area contributed by atoms with Crippen LogP contribution in [0.4, 0.5) is 0 Å². The summed E-state index contributed by atoms with van der Waals surface area (Å²) in [6, 6.07) is 9.20. The Morgan fingerprint density at radius 1 is 1.40 bits per heavy atom. The van der Waals surface area contributed by atoms with Crippen molar-refractivity contribution in [3.05, 3.63) is 35.9 Å². The topological polar surface area (TPSA) is 49.3 Å². The van der Waals surface area contributed by atoms with Gasteiger partial charge in [0.2, 0.25) is 5.91 Å². The van der Waals surface area contributed by atoms with E-state index in [0.29, 0.717) is 6.42 Å². The standard InChI is InChI=1S/C12H17NO2/c1-2-6-12(15)13-11(9-14)10-7-4-3-5-8-10/h3-5,7-8,11,14H,2,6,9H2,1H3,(H,13,15)/t11-/m1/s1. The van der Waals surface area contributed by atoms with Crippen molar-refractivity contribution >= 4 is 5.91 Å². The Balaban J connectivity index is 2.61. The van der Waals surface area contributed by atoms with E-state index in [1.54, 1.807) is 0 Å². The van der Waals surface area contributed by atoms with Gasteiger partial charge in [-0.05, 0) is 12.0 Å². The van der Waals surface area contributed by atoms with Crippen molar-refractivity contribution in [2.24, 2.45) is 0 Å². The zero-order valence-corrected chi connectivity index (χ0v) is 8.94. The van der Waals surface area contributed by atoms with Crippen LogP contribution in [0.1, 0.15) is 31.4 Å². The first-order valence-electron chi connectivity index (χ1n) is 5.23. The highest BCUT2D eigenvalue weighted by atomic mass is 16.3. The number of nitrogens with one attached hydrogen (secondary N) is 1. The lowest BCUT2D eigenvalue weighted by Crippen LogP contribution is -2.30. The number of hydrogen-bond donors (Lipinski definition) is 2. The van der Waals surface area contributed by atoms with E-state index >= 15 is 0 Å². The van der Waals surface area contributed by atoms with Crippen LogP contribution in [-0.4, -0.2) is 17.6 Å². The minimum atomic E-state index is -0.287. The molecule has 82 valence electrons. The van der Waals surface area contributed by atoms with Gasteiger partial charge in [-0.15, -0.1) is 0 Å². The average Bonchev–Trinajstić information content (AvgIpc) is 2.27. The fourth-order valence-corrected chi connectivity index (χ4v) is 1.41. The molecule has 0 saturated carbocycles. The second kappa shape index (κ2) is 6.19. The van der Waals surface area contributed by atoms with Crippen molar-refractivity contribution in [3.8, 4) is 0 Å². The predicted molar refractivity (Wildman–Crippen MR) is 59.3 cm³/mol. The monoisotopic (exact) mass is 207 g/mol. The molecule has 1 amide bonds. The summed E-state index contributed by atoms with van der Waals surface area (Å²) in [5.41, 5.74) is 0.935. The van der Waals surface area contributed by atoms with E-state index in [1.165, 1.54) is 0 Å². The summed E-state index contributed by atoms with van der Waals surface area (Å²) in [5.74, 6) is -0.0135. The van der Waals surface area contributed by atoms with Crippen molar-refractivity contribution in [3.63, 3.8) is 0 Å². The van der Waals surface area contributed by atoms with Crippen LogP contribution >= 0.6 is 0 Å². The molecule has 1 aromatic carbocycles. The molecule has 0 spiro atoms. The highest BCUT2D eigenvalue weighted by Gasteiger charge is 2.11. The summed E-state index contributed by atoms with van der Waals surface area (Å²) in [6.07, 6.45) is 1.32. The Hall–Kier alpha value is -1.35. The summed E-state index contributed by atoms with van der Waals surface area (Å²) < 4.78 is 0. The number of aliphatic hydroxyl groups excluding tert-OH is 1. The van der Waals surface area contributed by atoms with Crippen LogP contribution in [0, 0.1) is 0 Å². The summed E-state index contributed by atoms with van der Waals surface area (Å²) in [7, 11) is 0. The van der Waals surface area contributed by atoms with E-state index in [2.05, 4.69) is 5.32 Å². The third kappa shape index (κ3) is 3.72. The molecule has 0 aromatic heterocycles. The molecule has 1 rings (SSSR count). The number of carbonyl (C=O) groups is 1. The molecule has 0 radical (unpaired) electrons. The summed E-state index contributed by atoms with van der Waals surface area (Å²) in [4.78, 5) is 11.4. The molecular formula is C12H17NO2. The van der Waals surface area contributed by atoms with E-state index < -0.39 is 0 Å². The van der Waals surface area contributed by atoms with Crippen LogP contribution in [0.5, 0.6) is 0 Å². The number of amides is 1. The average molecular weight is 207 g/mol. The Morgan fingerprint density at radius 2 is 2.07 bits per heavy atom. The maximum Gasteiger partial charge on any atom is 0.220 e. The van der Waals surface area contributed by atoms with Crippen LogP contribution < -0.4 is 5.32 Å². The zero-order valence-electron chi connectivity index (χ0n) is 8.94. The second-order valence-corrected chi connectivity index (χ2v) is 3.46. The molecule has 0 saturated heterocycles. The third-order valence-corrected chi connectivity index (χ3v) is 2.20. The number of benzene rings is 1. The van der Waals surface area contributed by atoms with Crippen molar-refractivity contribution in [1.82, 2.24) is 5.32 Å². The number of aliphatic hydroxyl groups is 1. The number of hydrogen-bond acceptors (Lipinski definition) is 2. The highest BCUT2D eigenvalue weighted by molar-refractivity contribution is 5.76. The molecule has 0 heterocycles. The minimum absolute atomic E-state index is 0.0135. The van der Waals surface area contributed by atoms with Gasteiger partial charge in [0.25, 0.3) is 0 Å². The summed E-state index contributed by atoms with van der Waals surface area (Å²) in [6.45, 7) is 1.88. The maximum absolute atomic E-state index is 11.4. The van der Waals surface area contributed by atoms with E-state index in [1.807, 2.05) is 37.3 Å². The molecule has 0 bridgehead atoms. The smallest absolute Gasteiger partial charge is 0.220 e. The molecule has 1 aromatic rings. The number of rotatable bonds is 5. The van der Waals surface area contributed by atoms with Gasteiger partial charge in [-0.25, -0.2) is 0 Å². The zero-order chi connectivity index (χ0) is 11.1. The minimum Gasteiger partial charge on any atom is -0.394 e. The SMILES string of the molecule is CCCC(=O)N[C@H](CO)c1ccccc1. The van der Waals surface area contributed by atoms with Gasteiger partial charge in [0.1, 0.15) is 0 Å². The lowest BCUT2D eigenvalue weighted by molar-refractivity contribution is -0.122. The fraction of sp³-hybridized carbons (Fsp3) is 0.417. The van der Waals surface area contributed by atoms with Gasteiger partial charge in [0, 0.05) is 6.42 Å². The normalized spacial score (nSPS) is 12.1. The van der Waals surface area contributed by atoms with Gasteiger partial charge in [-0.3, -0.25) is 4.79 Å². The van der Waals surface area contributed by atoms with Gasteiger partial charge in [0.15, 0.2) is 0 Å². The van der Waals surface area contributed by atoms with Crippen LogP contribution in [0.25, 0.3) is 0 Å². The van der Waals surface area contributed by atoms with Crippen molar-refractivity contribution in [1.29, 1.82) is 0 Å². The second-order valence-electron chi connectivity index (χ2n) is 3.46. The Kier molecular flexibility index (Phi) is 4.84. The molecule has 0 unspecified atom stereocenters. The third-order valence-electron chi connectivity index (χ3n) is 2.20. The molecular weight excluding hydrogens is 190 g/mol. The molecule has 3 heteroatoms. The van der Waals surface area contributed by atoms with E-state index in [0.717, 1.165) is 12.0 Å². The molecule has 3 nitrogen and oxygen atoms in total. The van der Waals surface area contributed by atoms with Gasteiger partial charge >= 0.3 is 0 Å². The van der Waals surface area contributed by atoms with Gasteiger partial charge in [0.05, 0.1) is 12.6 Å². The molecule has 0 aliphatic carbocycles. The Bertz CT molecular complexity index is 298. The van der Waals surface area contributed by atoms with Gasteiger partial charge in [-0.2, -0.15) is 0 Å². The van der Waals surface area contributed by atoms with Crippen LogP contribution in [-0.2, 0) is 4.79 Å². The van der Waals surface area contributed by atoms with Crippen molar-refractivity contribution in [2.75, 3.05) is 6.61 Å². The number of carbonyl (C=O) groups excluding carboxylic acids is 1. The summed E-state index contributed by atoms with van der Waals surface area (Å²) in [5, 5.41) is 12.0. The van der Waals surface area contributed by atoms with E-state index in [4.69, 9.17) is 0 Å². The fourth-order valence-electron chi connectivity index (χ4n) is 1.41. The molecule has 0 aliphatic heterocycles. The van der Waals surface area contributed by atoms with Crippen LogP contribution in [0.3, 0.4) is 0 Å². The van der Waals surface area contributed by atoms with Crippen LogP contribution in [0.2, 0.25) is 0 Å². The Labute approximate surface area is 90.1 Å². The molecule has 0 fully saturated rings. The highest BCUT2D eigenvalue weighted by Crippen LogP contribution is 2.11. The molecule has 1 atom stereocenters. The molecule has 0 aliphatic rings. The quantitative estimate of drug-likeness (QED) is 0.771. The Morgan fingerprint density at radius 3 is 2.60 bits per heavy atom. The van der Waals surface area contributed by atoms with Gasteiger partial charge < -0.3 is 10.4 Å². The summed E-state index contributed by atoms with van der Waals surface area (Å²) >= 11 is 0. The van der Waals surface area contributed by atoms with E-state index in [9.17, 15) is 9.90 Å². The lowest BCUT2D eigenvalue weighted by atomic mass is 10.1. The molecule has 2 N–H and O–H groups in total. The first kappa shape index (κ1) is 11.7. The first-order chi connectivity index (χ1) is 7.27. The van der Waals surface area contributed by atoms with Crippen LogP contribution in [0.15, 0.2) is 30.3 Å². The molecule has 15 heavy (non-hydrogen) atoms. The maximum atomic E-state index is 11.4. The predicted octanol–water partition coefficient (Wildman–Crippen LogP) is 1.64. The lowest BCUT2D eigenvalue weighted by Gasteiger charge is -2.16. The first-order valence-corrected chi connectivity index (χ1v) is 5.23. The van der Waals surface area contributed by atoms with E-state index in [-0.39, 0.29) is 18.6 Å². The largest absolute Gasteiger partial charge is 0.394 e. The van der Waals surface area contributed by atoms with Crippen molar-refractivity contribution in [2.45, 2.75) is 25.8 Å². The van der Waals surface area contributed by atoms with Crippen molar-refractivity contribution < 1.29 is 9.90 Å².